The van der Waals surface area contributed by atoms with Gasteiger partial charge in [-0.05, 0) is 50.6 Å². The van der Waals surface area contributed by atoms with Gasteiger partial charge in [-0.25, -0.2) is 0 Å². The van der Waals surface area contributed by atoms with E-state index in [1.165, 1.54) is 11.1 Å². The van der Waals surface area contributed by atoms with E-state index in [9.17, 15) is 4.79 Å². The van der Waals surface area contributed by atoms with Crippen LogP contribution in [0.5, 0.6) is 0 Å². The number of nitrogens with zero attached hydrogens (tertiary/aromatic N) is 3. The Labute approximate surface area is 192 Å². The van der Waals surface area contributed by atoms with Gasteiger partial charge in [-0.2, -0.15) is 0 Å². The maximum Gasteiger partial charge on any atom is 0.251 e. The number of thioether (sulfide) groups is 1. The second-order valence-corrected chi connectivity index (χ2v) is 8.79. The second-order valence-electron chi connectivity index (χ2n) is 7.85. The summed E-state index contributed by atoms with van der Waals surface area (Å²) in [6.45, 7) is 6.00. The van der Waals surface area contributed by atoms with Crippen molar-refractivity contribution in [3.05, 3.63) is 107 Å². The zero-order chi connectivity index (χ0) is 22.5. The molecule has 6 heteroatoms. The molecule has 4 rings (SSSR count). The SMILES string of the molecule is Cc1ccc(C(=O)N[C@H](C)c2nnc(SCc3ccccc3)n2-c2ccc(C)cc2)cc1. The Kier molecular flexibility index (Phi) is 6.71. The number of aromatic nitrogens is 3. The fourth-order valence-corrected chi connectivity index (χ4v) is 4.28. The highest BCUT2D eigenvalue weighted by Gasteiger charge is 2.21. The average Bonchev–Trinajstić information content (AvgIpc) is 3.23. The lowest BCUT2D eigenvalue weighted by molar-refractivity contribution is 0.0938. The van der Waals surface area contributed by atoms with Gasteiger partial charge in [0.1, 0.15) is 0 Å². The molecule has 1 atom stereocenters. The molecule has 3 aromatic carbocycles. The van der Waals surface area contributed by atoms with E-state index in [1.807, 2.05) is 60.9 Å². The summed E-state index contributed by atoms with van der Waals surface area (Å²) in [6, 6.07) is 25.8. The predicted molar refractivity (Wildman–Crippen MR) is 129 cm³/mol. The summed E-state index contributed by atoms with van der Waals surface area (Å²) in [4.78, 5) is 12.8. The van der Waals surface area contributed by atoms with Crippen LogP contribution in [0.25, 0.3) is 5.69 Å². The van der Waals surface area contributed by atoms with E-state index in [0.717, 1.165) is 22.2 Å². The Hall–Kier alpha value is -3.38. The van der Waals surface area contributed by atoms with Gasteiger partial charge in [0, 0.05) is 17.0 Å². The monoisotopic (exact) mass is 442 g/mol. The van der Waals surface area contributed by atoms with Gasteiger partial charge in [-0.1, -0.05) is 77.5 Å². The fourth-order valence-electron chi connectivity index (χ4n) is 3.36. The first-order valence-corrected chi connectivity index (χ1v) is 11.6. The zero-order valence-corrected chi connectivity index (χ0v) is 19.3. The van der Waals surface area contributed by atoms with Gasteiger partial charge in [-0.15, -0.1) is 10.2 Å². The minimum atomic E-state index is -0.316. The molecule has 0 fully saturated rings. The van der Waals surface area contributed by atoms with E-state index in [1.54, 1.807) is 11.8 Å². The van der Waals surface area contributed by atoms with Crippen LogP contribution in [0, 0.1) is 13.8 Å². The lowest BCUT2D eigenvalue weighted by atomic mass is 10.1. The molecule has 0 aliphatic rings. The quantitative estimate of drug-likeness (QED) is 0.375. The molecule has 0 saturated heterocycles. The standard InChI is InChI=1S/C26H26N4OS/c1-18-9-13-22(14-10-18)25(31)27-20(3)24-28-29-26(32-17-21-7-5-4-6-8-21)30(24)23-15-11-19(2)12-16-23/h4-16,20H,17H2,1-3H3,(H,27,31)/t20-/m1/s1. The number of benzene rings is 3. The average molecular weight is 443 g/mol. The van der Waals surface area contributed by atoms with Crippen LogP contribution < -0.4 is 5.32 Å². The van der Waals surface area contributed by atoms with E-state index < -0.39 is 0 Å². The van der Waals surface area contributed by atoms with Crippen LogP contribution in [0.4, 0.5) is 0 Å². The van der Waals surface area contributed by atoms with Crippen LogP contribution >= 0.6 is 11.8 Å². The summed E-state index contributed by atoms with van der Waals surface area (Å²) in [6.07, 6.45) is 0. The van der Waals surface area contributed by atoms with Gasteiger partial charge >= 0.3 is 0 Å². The molecular formula is C26H26N4OS. The third-order valence-corrected chi connectivity index (χ3v) is 6.21. The molecule has 5 nitrogen and oxygen atoms in total. The van der Waals surface area contributed by atoms with E-state index >= 15 is 0 Å². The van der Waals surface area contributed by atoms with Crippen LogP contribution in [0.1, 0.15) is 45.8 Å². The summed E-state index contributed by atoms with van der Waals surface area (Å²) in [5, 5.41) is 12.8. The van der Waals surface area contributed by atoms with Crippen molar-refractivity contribution in [1.82, 2.24) is 20.1 Å². The summed E-state index contributed by atoms with van der Waals surface area (Å²) in [5.74, 6) is 1.36. The third kappa shape index (κ3) is 5.08. The van der Waals surface area contributed by atoms with E-state index in [0.29, 0.717) is 11.4 Å². The van der Waals surface area contributed by atoms with Crippen molar-refractivity contribution in [2.75, 3.05) is 0 Å². The minimum Gasteiger partial charge on any atom is -0.342 e. The van der Waals surface area contributed by atoms with Gasteiger partial charge in [0.2, 0.25) is 0 Å². The second kappa shape index (κ2) is 9.83. The number of hydrogen-bond donors (Lipinski definition) is 1. The molecule has 1 aromatic heterocycles. The Morgan fingerprint density at radius 1 is 0.906 bits per heavy atom. The molecular weight excluding hydrogens is 416 g/mol. The highest BCUT2D eigenvalue weighted by atomic mass is 32.2. The lowest BCUT2D eigenvalue weighted by Crippen LogP contribution is -2.28. The number of nitrogens with one attached hydrogen (secondary N) is 1. The summed E-state index contributed by atoms with van der Waals surface area (Å²) < 4.78 is 2.03. The van der Waals surface area contributed by atoms with E-state index in [2.05, 4.69) is 58.8 Å². The van der Waals surface area contributed by atoms with E-state index in [-0.39, 0.29) is 11.9 Å². The number of hydrogen-bond acceptors (Lipinski definition) is 4. The molecule has 0 aliphatic carbocycles. The Morgan fingerprint density at radius 3 is 2.19 bits per heavy atom. The summed E-state index contributed by atoms with van der Waals surface area (Å²) in [7, 11) is 0. The molecule has 0 aliphatic heterocycles. The van der Waals surface area contributed by atoms with E-state index in [4.69, 9.17) is 0 Å². The molecule has 162 valence electrons. The highest BCUT2D eigenvalue weighted by Crippen LogP contribution is 2.28. The van der Waals surface area contributed by atoms with Crippen molar-refractivity contribution in [3.8, 4) is 5.69 Å². The first-order valence-electron chi connectivity index (χ1n) is 10.6. The largest absolute Gasteiger partial charge is 0.342 e. The first kappa shape index (κ1) is 21.8. The zero-order valence-electron chi connectivity index (χ0n) is 18.4. The Balaban J connectivity index is 1.61. The van der Waals surface area contributed by atoms with Crippen molar-refractivity contribution in [3.63, 3.8) is 0 Å². The minimum absolute atomic E-state index is 0.130. The summed E-state index contributed by atoms with van der Waals surface area (Å²) >= 11 is 1.63. The lowest BCUT2D eigenvalue weighted by Gasteiger charge is -2.16. The molecule has 0 radical (unpaired) electrons. The van der Waals surface area contributed by atoms with Crippen LogP contribution in [-0.4, -0.2) is 20.7 Å². The molecule has 0 unspecified atom stereocenters. The first-order chi connectivity index (χ1) is 15.5. The van der Waals surface area contributed by atoms with Crippen LogP contribution in [0.2, 0.25) is 0 Å². The van der Waals surface area contributed by atoms with Gasteiger partial charge in [0.25, 0.3) is 5.91 Å². The molecule has 0 bridgehead atoms. The predicted octanol–water partition coefficient (Wildman–Crippen LogP) is 5.67. The van der Waals surface area contributed by atoms with Crippen molar-refractivity contribution < 1.29 is 4.79 Å². The maximum absolute atomic E-state index is 12.8. The molecule has 0 saturated carbocycles. The molecule has 1 amide bonds. The van der Waals surface area contributed by atoms with Gasteiger partial charge in [0.15, 0.2) is 11.0 Å². The van der Waals surface area contributed by atoms with Crippen LogP contribution in [-0.2, 0) is 5.75 Å². The molecule has 4 aromatic rings. The number of aryl methyl sites for hydroxylation is 2. The number of amides is 1. The molecule has 0 spiro atoms. The molecule has 1 N–H and O–H groups in total. The topological polar surface area (TPSA) is 59.8 Å². The van der Waals surface area contributed by atoms with Gasteiger partial charge in [0.05, 0.1) is 6.04 Å². The van der Waals surface area contributed by atoms with Crippen molar-refractivity contribution in [1.29, 1.82) is 0 Å². The highest BCUT2D eigenvalue weighted by molar-refractivity contribution is 7.98. The van der Waals surface area contributed by atoms with Crippen molar-refractivity contribution >= 4 is 17.7 Å². The fraction of sp³-hybridized carbons (Fsp3) is 0.192. The molecule has 1 heterocycles. The third-order valence-electron chi connectivity index (χ3n) is 5.21. The van der Waals surface area contributed by atoms with Crippen molar-refractivity contribution in [2.45, 2.75) is 37.7 Å². The van der Waals surface area contributed by atoms with Crippen LogP contribution in [0.15, 0.2) is 84.0 Å². The summed E-state index contributed by atoms with van der Waals surface area (Å²) in [5.41, 5.74) is 5.12. The maximum atomic E-state index is 12.8. The number of carbonyl (C=O) groups excluding carboxylic acids is 1. The van der Waals surface area contributed by atoms with Crippen molar-refractivity contribution in [2.24, 2.45) is 0 Å². The van der Waals surface area contributed by atoms with Gasteiger partial charge < -0.3 is 5.32 Å². The normalized spacial score (nSPS) is 11.8. The molecule has 32 heavy (non-hydrogen) atoms. The number of rotatable bonds is 7. The Morgan fingerprint density at radius 2 is 1.53 bits per heavy atom. The van der Waals surface area contributed by atoms with Gasteiger partial charge in [-0.3, -0.25) is 9.36 Å². The van der Waals surface area contributed by atoms with Crippen LogP contribution in [0.3, 0.4) is 0 Å². The number of carbonyl (C=O) groups is 1. The smallest absolute Gasteiger partial charge is 0.251 e. The Bertz CT molecular complexity index is 1180.